The lowest BCUT2D eigenvalue weighted by molar-refractivity contribution is 0.0264. The van der Waals surface area contributed by atoms with Crippen LogP contribution < -0.4 is 10.1 Å². The topological polar surface area (TPSA) is 30.5 Å². The molecule has 1 fully saturated rings. The van der Waals surface area contributed by atoms with Crippen LogP contribution >= 0.6 is 0 Å². The lowest BCUT2D eigenvalue weighted by Crippen LogP contribution is -2.20. The molecule has 0 spiro atoms. The molecule has 2 rings (SSSR count). The molecule has 3 atom stereocenters. The van der Waals surface area contributed by atoms with Gasteiger partial charge in [0.2, 0.25) is 0 Å². The largest absolute Gasteiger partial charge is 0.491 e. The second-order valence-corrected chi connectivity index (χ2v) is 5.54. The summed E-state index contributed by atoms with van der Waals surface area (Å²) in [6.07, 6.45) is 4.00. The molecule has 112 valence electrons. The van der Waals surface area contributed by atoms with Crippen LogP contribution in [0.2, 0.25) is 0 Å². The van der Waals surface area contributed by atoms with Gasteiger partial charge in [-0.1, -0.05) is 26.0 Å². The van der Waals surface area contributed by atoms with Gasteiger partial charge in [-0.05, 0) is 50.4 Å². The molecule has 3 nitrogen and oxygen atoms in total. The first kappa shape index (κ1) is 15.3. The first-order valence-corrected chi connectivity index (χ1v) is 7.84. The Kier molecular flexibility index (Phi) is 5.86. The summed E-state index contributed by atoms with van der Waals surface area (Å²) in [6.45, 7) is 8.13. The Morgan fingerprint density at radius 2 is 2.00 bits per heavy atom. The van der Waals surface area contributed by atoms with Crippen LogP contribution in [0.1, 0.15) is 51.6 Å². The summed E-state index contributed by atoms with van der Waals surface area (Å²) in [7, 11) is 0. The highest BCUT2D eigenvalue weighted by Crippen LogP contribution is 2.22. The molecule has 0 aromatic heterocycles. The minimum absolute atomic E-state index is 0.259. The molecular formula is C17H27NO2. The zero-order chi connectivity index (χ0) is 14.4. The van der Waals surface area contributed by atoms with E-state index in [0.717, 1.165) is 31.6 Å². The molecule has 1 aromatic carbocycles. The fraction of sp³-hybridized carbons (Fsp3) is 0.647. The average Bonchev–Trinajstić information content (AvgIpc) is 2.89. The summed E-state index contributed by atoms with van der Waals surface area (Å²) in [6, 6.07) is 8.88. The molecule has 20 heavy (non-hydrogen) atoms. The van der Waals surface area contributed by atoms with E-state index in [-0.39, 0.29) is 6.10 Å². The van der Waals surface area contributed by atoms with Crippen LogP contribution in [0, 0.1) is 0 Å². The number of rotatable bonds is 7. The Hall–Kier alpha value is -1.06. The van der Waals surface area contributed by atoms with Gasteiger partial charge >= 0.3 is 0 Å². The molecule has 3 unspecified atom stereocenters. The van der Waals surface area contributed by atoms with Gasteiger partial charge in [0, 0.05) is 6.04 Å². The third-order valence-corrected chi connectivity index (χ3v) is 3.90. The van der Waals surface area contributed by atoms with Crippen LogP contribution in [0.5, 0.6) is 5.75 Å². The first-order chi connectivity index (χ1) is 9.72. The van der Waals surface area contributed by atoms with E-state index in [0.29, 0.717) is 18.8 Å². The minimum Gasteiger partial charge on any atom is -0.491 e. The molecular weight excluding hydrogens is 250 g/mol. The van der Waals surface area contributed by atoms with Crippen LogP contribution in [0.3, 0.4) is 0 Å². The van der Waals surface area contributed by atoms with Crippen LogP contribution in [0.4, 0.5) is 0 Å². The molecule has 0 amide bonds. The second-order valence-electron chi connectivity index (χ2n) is 5.54. The predicted molar refractivity (Wildman–Crippen MR) is 82.2 cm³/mol. The number of hydrogen-bond donors (Lipinski definition) is 1. The number of ether oxygens (including phenoxy) is 2. The van der Waals surface area contributed by atoms with Gasteiger partial charge in [-0.2, -0.15) is 0 Å². The number of benzene rings is 1. The summed E-state index contributed by atoms with van der Waals surface area (Å²) in [4.78, 5) is 0. The monoisotopic (exact) mass is 277 g/mol. The highest BCUT2D eigenvalue weighted by atomic mass is 16.5. The zero-order valence-electron chi connectivity index (χ0n) is 12.9. The van der Waals surface area contributed by atoms with Crippen molar-refractivity contribution in [2.45, 2.75) is 58.3 Å². The molecule has 1 aliphatic rings. The summed E-state index contributed by atoms with van der Waals surface area (Å²) < 4.78 is 11.6. The van der Waals surface area contributed by atoms with Crippen molar-refractivity contribution in [3.05, 3.63) is 29.8 Å². The SMILES string of the molecule is CCNC(CC)c1ccc(OCC2CCC(C)O2)cc1. The molecule has 0 radical (unpaired) electrons. The van der Waals surface area contributed by atoms with Crippen LogP contribution in [0.15, 0.2) is 24.3 Å². The first-order valence-electron chi connectivity index (χ1n) is 7.84. The molecule has 0 saturated carbocycles. The fourth-order valence-electron chi connectivity index (χ4n) is 2.74. The van der Waals surface area contributed by atoms with E-state index in [1.165, 1.54) is 5.56 Å². The summed E-state index contributed by atoms with van der Waals surface area (Å²) in [5.74, 6) is 0.934. The van der Waals surface area contributed by atoms with Gasteiger partial charge in [0.1, 0.15) is 12.4 Å². The van der Waals surface area contributed by atoms with Gasteiger partial charge in [-0.25, -0.2) is 0 Å². The Morgan fingerprint density at radius 3 is 2.55 bits per heavy atom. The van der Waals surface area contributed by atoms with Crippen LogP contribution in [-0.2, 0) is 4.74 Å². The third kappa shape index (κ3) is 4.22. The quantitative estimate of drug-likeness (QED) is 0.824. The van der Waals surface area contributed by atoms with Crippen molar-refractivity contribution in [2.75, 3.05) is 13.2 Å². The van der Waals surface area contributed by atoms with Gasteiger partial charge in [-0.3, -0.25) is 0 Å². The van der Waals surface area contributed by atoms with E-state index in [9.17, 15) is 0 Å². The average molecular weight is 277 g/mol. The maximum absolute atomic E-state index is 5.82. The summed E-state index contributed by atoms with van der Waals surface area (Å²) >= 11 is 0. The van der Waals surface area contributed by atoms with Gasteiger partial charge in [0.05, 0.1) is 12.2 Å². The van der Waals surface area contributed by atoms with E-state index in [1.54, 1.807) is 0 Å². The Bertz CT molecular complexity index is 390. The molecule has 0 bridgehead atoms. The number of hydrogen-bond acceptors (Lipinski definition) is 3. The molecule has 3 heteroatoms. The van der Waals surface area contributed by atoms with Crippen molar-refractivity contribution in [3.8, 4) is 5.75 Å². The standard InChI is InChI=1S/C17H27NO2/c1-4-17(18-5-2)14-7-10-15(11-8-14)19-12-16-9-6-13(3)20-16/h7-8,10-11,13,16-18H,4-6,9,12H2,1-3H3. The molecule has 0 aliphatic carbocycles. The molecule has 1 aromatic rings. The maximum atomic E-state index is 5.82. The lowest BCUT2D eigenvalue weighted by atomic mass is 10.0. The van der Waals surface area contributed by atoms with Crippen LogP contribution in [-0.4, -0.2) is 25.4 Å². The normalized spacial score (nSPS) is 23.8. The van der Waals surface area contributed by atoms with Crippen molar-refractivity contribution < 1.29 is 9.47 Å². The van der Waals surface area contributed by atoms with Gasteiger partial charge in [0.15, 0.2) is 0 Å². The summed E-state index contributed by atoms with van der Waals surface area (Å²) in [5.41, 5.74) is 1.33. The van der Waals surface area contributed by atoms with Crippen molar-refractivity contribution >= 4 is 0 Å². The van der Waals surface area contributed by atoms with Gasteiger partial charge < -0.3 is 14.8 Å². The maximum Gasteiger partial charge on any atom is 0.119 e. The van der Waals surface area contributed by atoms with Crippen molar-refractivity contribution in [3.63, 3.8) is 0 Å². The van der Waals surface area contributed by atoms with Gasteiger partial charge in [-0.15, -0.1) is 0 Å². The Balaban J connectivity index is 1.84. The highest BCUT2D eigenvalue weighted by Gasteiger charge is 2.22. The van der Waals surface area contributed by atoms with Crippen molar-refractivity contribution in [1.82, 2.24) is 5.32 Å². The smallest absolute Gasteiger partial charge is 0.119 e. The van der Waals surface area contributed by atoms with E-state index < -0.39 is 0 Å². The lowest BCUT2D eigenvalue weighted by Gasteiger charge is -2.17. The van der Waals surface area contributed by atoms with E-state index in [2.05, 4.69) is 50.4 Å². The minimum atomic E-state index is 0.259. The Morgan fingerprint density at radius 1 is 1.25 bits per heavy atom. The zero-order valence-corrected chi connectivity index (χ0v) is 12.9. The van der Waals surface area contributed by atoms with E-state index >= 15 is 0 Å². The number of nitrogens with one attached hydrogen (secondary N) is 1. The van der Waals surface area contributed by atoms with Gasteiger partial charge in [0.25, 0.3) is 0 Å². The summed E-state index contributed by atoms with van der Waals surface area (Å²) in [5, 5.41) is 3.49. The van der Waals surface area contributed by atoms with E-state index in [4.69, 9.17) is 9.47 Å². The molecule has 1 aliphatic heterocycles. The van der Waals surface area contributed by atoms with E-state index in [1.807, 2.05) is 0 Å². The van der Waals surface area contributed by atoms with Crippen molar-refractivity contribution in [2.24, 2.45) is 0 Å². The molecule has 1 saturated heterocycles. The predicted octanol–water partition coefficient (Wildman–Crippen LogP) is 3.69. The molecule has 1 N–H and O–H groups in total. The van der Waals surface area contributed by atoms with Crippen molar-refractivity contribution in [1.29, 1.82) is 0 Å². The Labute approximate surface area is 122 Å². The second kappa shape index (κ2) is 7.65. The highest BCUT2D eigenvalue weighted by molar-refractivity contribution is 5.29. The third-order valence-electron chi connectivity index (χ3n) is 3.90. The molecule has 1 heterocycles. The fourth-order valence-corrected chi connectivity index (χ4v) is 2.74. The van der Waals surface area contributed by atoms with Crippen LogP contribution in [0.25, 0.3) is 0 Å².